The number of rotatable bonds is 10. The predicted octanol–water partition coefficient (Wildman–Crippen LogP) is 4.71. The third-order valence-electron chi connectivity index (χ3n) is 4.97. The molecule has 7 nitrogen and oxygen atoms in total. The van der Waals surface area contributed by atoms with E-state index in [0.29, 0.717) is 6.54 Å². The van der Waals surface area contributed by atoms with Gasteiger partial charge in [0.05, 0.1) is 17.0 Å². The average Bonchev–Trinajstić information content (AvgIpc) is 2.75. The fraction of sp³-hybridized carbons (Fsp3) is 0.391. The number of sulfonamides is 1. The van der Waals surface area contributed by atoms with Crippen LogP contribution in [0.2, 0.25) is 10.0 Å². The van der Waals surface area contributed by atoms with Crippen LogP contribution >= 0.6 is 39.1 Å². The number of anilines is 1. The van der Waals surface area contributed by atoms with E-state index in [-0.39, 0.29) is 34.1 Å². The Kier molecular flexibility index (Phi) is 10.2. The predicted molar refractivity (Wildman–Crippen MR) is 141 cm³/mol. The zero-order chi connectivity index (χ0) is 25.6. The Balaban J connectivity index is 2.40. The van der Waals surface area contributed by atoms with Crippen LogP contribution in [0.4, 0.5) is 5.69 Å². The maximum Gasteiger partial charge on any atom is 0.244 e. The van der Waals surface area contributed by atoms with Crippen LogP contribution in [0.3, 0.4) is 0 Å². The highest BCUT2D eigenvalue weighted by atomic mass is 79.9. The number of carbonyl (C=O) groups is 2. The van der Waals surface area contributed by atoms with Crippen molar-refractivity contribution in [2.45, 2.75) is 33.4 Å². The molecule has 2 aromatic carbocycles. The van der Waals surface area contributed by atoms with Gasteiger partial charge in [0.25, 0.3) is 0 Å². The van der Waals surface area contributed by atoms with Crippen molar-refractivity contribution in [1.29, 1.82) is 0 Å². The van der Waals surface area contributed by atoms with E-state index < -0.39 is 28.5 Å². The van der Waals surface area contributed by atoms with Crippen molar-refractivity contribution in [3.05, 3.63) is 62.5 Å². The van der Waals surface area contributed by atoms with E-state index >= 15 is 0 Å². The minimum absolute atomic E-state index is 0.0884. The molecule has 0 saturated heterocycles. The molecule has 0 aromatic heterocycles. The van der Waals surface area contributed by atoms with E-state index in [9.17, 15) is 18.0 Å². The molecule has 0 aliphatic carbocycles. The van der Waals surface area contributed by atoms with E-state index in [0.717, 1.165) is 20.6 Å². The van der Waals surface area contributed by atoms with E-state index in [1.807, 2.05) is 38.1 Å². The molecular formula is C23H28BrCl2N3O4S. The maximum atomic E-state index is 13.5. The van der Waals surface area contributed by atoms with Gasteiger partial charge in [-0.05, 0) is 48.7 Å². The summed E-state index contributed by atoms with van der Waals surface area (Å²) in [4.78, 5) is 27.6. The van der Waals surface area contributed by atoms with Gasteiger partial charge < -0.3 is 10.2 Å². The van der Waals surface area contributed by atoms with Gasteiger partial charge in [-0.25, -0.2) is 8.42 Å². The molecule has 0 spiro atoms. The number of halogens is 3. The molecule has 0 heterocycles. The number of nitrogens with one attached hydrogen (secondary N) is 1. The molecule has 0 fully saturated rings. The number of amides is 2. The highest BCUT2D eigenvalue weighted by Crippen LogP contribution is 2.31. The summed E-state index contributed by atoms with van der Waals surface area (Å²) in [5.74, 6) is -0.653. The Bertz CT molecular complexity index is 1130. The molecule has 11 heteroatoms. The number of nitrogens with zero attached hydrogens (tertiary/aromatic N) is 2. The van der Waals surface area contributed by atoms with Gasteiger partial charge in [0.2, 0.25) is 21.8 Å². The number of benzene rings is 2. The molecule has 34 heavy (non-hydrogen) atoms. The third-order valence-corrected chi connectivity index (χ3v) is 7.18. The second kappa shape index (κ2) is 12.2. The van der Waals surface area contributed by atoms with Crippen molar-refractivity contribution < 1.29 is 18.0 Å². The van der Waals surface area contributed by atoms with E-state index in [4.69, 9.17) is 23.2 Å². The summed E-state index contributed by atoms with van der Waals surface area (Å²) in [6, 6.07) is 10.8. The largest absolute Gasteiger partial charge is 0.354 e. The quantitative estimate of drug-likeness (QED) is 0.433. The molecule has 1 atom stereocenters. The molecule has 1 N–H and O–H groups in total. The minimum atomic E-state index is -3.90. The molecule has 0 radical (unpaired) electrons. The van der Waals surface area contributed by atoms with E-state index in [2.05, 4.69) is 21.2 Å². The minimum Gasteiger partial charge on any atom is -0.354 e. The van der Waals surface area contributed by atoms with Gasteiger partial charge in [0.15, 0.2) is 0 Å². The first-order valence-electron chi connectivity index (χ1n) is 10.5. The van der Waals surface area contributed by atoms with Crippen molar-refractivity contribution in [2.24, 2.45) is 5.92 Å². The Morgan fingerprint density at radius 1 is 1.06 bits per heavy atom. The number of hydrogen-bond donors (Lipinski definition) is 1. The monoisotopic (exact) mass is 591 g/mol. The van der Waals surface area contributed by atoms with Gasteiger partial charge >= 0.3 is 0 Å². The summed E-state index contributed by atoms with van der Waals surface area (Å²) in [6.07, 6.45) is 0.981. The normalized spacial score (nSPS) is 12.4. The van der Waals surface area contributed by atoms with Crippen molar-refractivity contribution in [1.82, 2.24) is 10.2 Å². The molecule has 0 aliphatic heterocycles. The first kappa shape index (κ1) is 28.4. The van der Waals surface area contributed by atoms with Gasteiger partial charge in [0.1, 0.15) is 12.6 Å². The zero-order valence-corrected chi connectivity index (χ0v) is 23.3. The van der Waals surface area contributed by atoms with Crippen LogP contribution in [0.1, 0.15) is 26.3 Å². The van der Waals surface area contributed by atoms with Crippen LogP contribution in [0, 0.1) is 5.92 Å². The third kappa shape index (κ3) is 8.15. The lowest BCUT2D eigenvalue weighted by Gasteiger charge is -2.32. The molecule has 0 saturated carbocycles. The van der Waals surface area contributed by atoms with Crippen molar-refractivity contribution in [2.75, 3.05) is 23.7 Å². The van der Waals surface area contributed by atoms with E-state index in [1.165, 1.54) is 23.1 Å². The Labute approximate surface area is 219 Å². The maximum absolute atomic E-state index is 13.5. The second-order valence-corrected chi connectivity index (χ2v) is 12.0. The first-order chi connectivity index (χ1) is 15.8. The van der Waals surface area contributed by atoms with Gasteiger partial charge in [-0.1, -0.05) is 65.1 Å². The molecule has 186 valence electrons. The van der Waals surface area contributed by atoms with Gasteiger partial charge in [-0.3, -0.25) is 13.9 Å². The Morgan fingerprint density at radius 3 is 2.24 bits per heavy atom. The van der Waals surface area contributed by atoms with Crippen molar-refractivity contribution in [3.63, 3.8) is 0 Å². The van der Waals surface area contributed by atoms with E-state index in [1.54, 1.807) is 6.92 Å². The summed E-state index contributed by atoms with van der Waals surface area (Å²) in [7, 11) is -3.90. The van der Waals surface area contributed by atoms with Gasteiger partial charge in [-0.15, -0.1) is 0 Å². The Hall–Kier alpha value is -1.81. The number of carbonyl (C=O) groups excluding carboxylic acids is 2. The molecular weight excluding hydrogens is 565 g/mol. The summed E-state index contributed by atoms with van der Waals surface area (Å²) >= 11 is 15.7. The first-order valence-corrected chi connectivity index (χ1v) is 13.9. The second-order valence-electron chi connectivity index (χ2n) is 8.33. The zero-order valence-electron chi connectivity index (χ0n) is 19.4. The molecule has 0 aliphatic rings. The highest BCUT2D eigenvalue weighted by molar-refractivity contribution is 9.10. The van der Waals surface area contributed by atoms with Gasteiger partial charge in [-0.2, -0.15) is 0 Å². The highest BCUT2D eigenvalue weighted by Gasteiger charge is 2.31. The van der Waals surface area contributed by atoms with Crippen LogP contribution in [0.5, 0.6) is 0 Å². The SMILES string of the molecule is CC(C)CNC(=O)C(C)N(Cc1ccc(Br)cc1)C(=O)CN(c1cc(Cl)ccc1Cl)S(C)(=O)=O. The standard InChI is InChI=1S/C23H28BrCl2N3O4S/c1-15(2)12-27-23(31)16(3)28(13-17-5-7-18(24)8-6-17)22(30)14-29(34(4,32)33)21-11-19(25)9-10-20(21)26/h5-11,15-16H,12-14H2,1-4H3,(H,27,31). The lowest BCUT2D eigenvalue weighted by Crippen LogP contribution is -2.51. The summed E-state index contributed by atoms with van der Waals surface area (Å²) in [5.41, 5.74) is 0.872. The topological polar surface area (TPSA) is 86.8 Å². The molecule has 2 aromatic rings. The summed E-state index contributed by atoms with van der Waals surface area (Å²) in [5, 5.41) is 3.23. The van der Waals surface area contributed by atoms with Crippen LogP contribution in [-0.4, -0.2) is 50.5 Å². The summed E-state index contributed by atoms with van der Waals surface area (Å²) < 4.78 is 27.0. The molecule has 1 unspecified atom stereocenters. The number of hydrogen-bond acceptors (Lipinski definition) is 4. The molecule has 2 rings (SSSR count). The van der Waals surface area contributed by atoms with Crippen molar-refractivity contribution in [3.8, 4) is 0 Å². The molecule has 2 amide bonds. The average molecular weight is 593 g/mol. The summed E-state index contributed by atoms with van der Waals surface area (Å²) in [6.45, 7) is 5.57. The fourth-order valence-electron chi connectivity index (χ4n) is 3.09. The smallest absolute Gasteiger partial charge is 0.244 e. The van der Waals surface area contributed by atoms with Crippen LogP contribution in [0.25, 0.3) is 0 Å². The molecule has 0 bridgehead atoms. The lowest BCUT2D eigenvalue weighted by molar-refractivity contribution is -0.139. The van der Waals surface area contributed by atoms with Crippen molar-refractivity contribution >= 4 is 66.7 Å². The van der Waals surface area contributed by atoms with Gasteiger partial charge in [0, 0.05) is 22.6 Å². The van der Waals surface area contributed by atoms with Crippen LogP contribution < -0.4 is 9.62 Å². The van der Waals surface area contributed by atoms with Crippen LogP contribution in [0.15, 0.2) is 46.9 Å². The fourth-order valence-corrected chi connectivity index (χ4v) is 4.65. The Morgan fingerprint density at radius 2 is 1.68 bits per heavy atom. The lowest BCUT2D eigenvalue weighted by atomic mass is 10.1. The van der Waals surface area contributed by atoms with Crippen LogP contribution in [-0.2, 0) is 26.2 Å².